The lowest BCUT2D eigenvalue weighted by Gasteiger charge is -2.11. The van der Waals surface area contributed by atoms with E-state index in [-0.39, 0.29) is 12.1 Å². The first-order valence-electron chi connectivity index (χ1n) is 5.84. The Labute approximate surface area is 116 Å². The Hall–Kier alpha value is -2.58. The number of carbonyl (C=O) groups excluding carboxylic acids is 3. The molecule has 1 aliphatic heterocycles. The molecule has 6 nitrogen and oxygen atoms in total. The van der Waals surface area contributed by atoms with Crippen LogP contribution in [0.5, 0.6) is 0 Å². The second kappa shape index (κ2) is 5.43. The van der Waals surface area contributed by atoms with Crippen LogP contribution in [0.25, 0.3) is 0 Å². The van der Waals surface area contributed by atoms with Crippen LogP contribution in [0.2, 0.25) is 0 Å². The first-order valence-corrected chi connectivity index (χ1v) is 5.84. The van der Waals surface area contributed by atoms with Gasteiger partial charge in [0.15, 0.2) is 0 Å². The van der Waals surface area contributed by atoms with Crippen molar-refractivity contribution < 1.29 is 27.6 Å². The van der Waals surface area contributed by atoms with Crippen molar-refractivity contribution in [2.75, 3.05) is 5.32 Å². The van der Waals surface area contributed by atoms with Crippen LogP contribution in [0.1, 0.15) is 12.0 Å². The summed E-state index contributed by atoms with van der Waals surface area (Å²) in [4.78, 5) is 33.8. The van der Waals surface area contributed by atoms with E-state index in [0.29, 0.717) is 0 Å². The highest BCUT2D eigenvalue weighted by molar-refractivity contribution is 6.06. The number of anilines is 1. The van der Waals surface area contributed by atoms with E-state index in [1.165, 1.54) is 6.07 Å². The van der Waals surface area contributed by atoms with Crippen molar-refractivity contribution in [1.82, 2.24) is 10.6 Å². The fraction of sp³-hybridized carbons (Fsp3) is 0.250. The van der Waals surface area contributed by atoms with Gasteiger partial charge in [-0.15, -0.1) is 0 Å². The van der Waals surface area contributed by atoms with E-state index in [9.17, 15) is 27.6 Å². The van der Waals surface area contributed by atoms with Crippen molar-refractivity contribution in [3.63, 3.8) is 0 Å². The topological polar surface area (TPSA) is 87.3 Å². The highest BCUT2D eigenvalue weighted by Gasteiger charge is 2.32. The predicted octanol–water partition coefficient (Wildman–Crippen LogP) is 1.24. The van der Waals surface area contributed by atoms with Gasteiger partial charge in [0.25, 0.3) is 5.91 Å². The minimum Gasteiger partial charge on any atom is -0.326 e. The summed E-state index contributed by atoms with van der Waals surface area (Å²) in [6.45, 7) is 0. The molecule has 1 aromatic rings. The highest BCUT2D eigenvalue weighted by Crippen LogP contribution is 2.30. The predicted molar refractivity (Wildman–Crippen MR) is 65.2 cm³/mol. The van der Waals surface area contributed by atoms with E-state index in [0.717, 1.165) is 18.2 Å². The second-order valence-corrected chi connectivity index (χ2v) is 4.35. The normalized spacial score (nSPS) is 18.1. The molecule has 0 aromatic heterocycles. The molecule has 1 saturated heterocycles. The molecule has 1 atom stereocenters. The van der Waals surface area contributed by atoms with Crippen LogP contribution in [0.3, 0.4) is 0 Å². The lowest BCUT2D eigenvalue weighted by atomic mass is 10.1. The highest BCUT2D eigenvalue weighted by atomic mass is 19.4. The standard InChI is InChI=1S/C12H10F3N3O3/c13-12(14,15)6-2-1-3-7(4-6)16-9(19)5-8-10(20)18-11(21)17-8/h1-4,8H,5H2,(H,16,19)(H2,17,18,20,21)/t8-/m0/s1. The molecule has 0 aliphatic carbocycles. The van der Waals surface area contributed by atoms with Crippen molar-refractivity contribution in [3.8, 4) is 0 Å². The smallest absolute Gasteiger partial charge is 0.326 e. The number of urea groups is 1. The van der Waals surface area contributed by atoms with Crippen LogP contribution >= 0.6 is 0 Å². The maximum atomic E-state index is 12.5. The van der Waals surface area contributed by atoms with E-state index in [2.05, 4.69) is 10.6 Å². The van der Waals surface area contributed by atoms with Crippen molar-refractivity contribution in [1.29, 1.82) is 0 Å². The summed E-state index contributed by atoms with van der Waals surface area (Å²) in [5.74, 6) is -1.34. The van der Waals surface area contributed by atoms with Crippen LogP contribution < -0.4 is 16.0 Å². The zero-order valence-electron chi connectivity index (χ0n) is 10.5. The summed E-state index contributed by atoms with van der Waals surface area (Å²) in [5, 5.41) is 6.41. The average Bonchev–Trinajstić information content (AvgIpc) is 2.67. The van der Waals surface area contributed by atoms with E-state index in [4.69, 9.17) is 0 Å². The number of hydrogen-bond acceptors (Lipinski definition) is 3. The van der Waals surface area contributed by atoms with Crippen LogP contribution in [0.4, 0.5) is 23.7 Å². The fourth-order valence-corrected chi connectivity index (χ4v) is 1.77. The quantitative estimate of drug-likeness (QED) is 0.734. The van der Waals surface area contributed by atoms with Gasteiger partial charge in [0, 0.05) is 5.69 Å². The van der Waals surface area contributed by atoms with Crippen LogP contribution in [0, 0.1) is 0 Å². The molecule has 0 saturated carbocycles. The third-order valence-electron chi connectivity index (χ3n) is 2.72. The first kappa shape index (κ1) is 14.8. The summed E-state index contributed by atoms with van der Waals surface area (Å²) in [5.41, 5.74) is -0.938. The Morgan fingerprint density at radius 2 is 2.00 bits per heavy atom. The molecule has 1 fully saturated rings. The van der Waals surface area contributed by atoms with Crippen LogP contribution in [-0.4, -0.2) is 23.9 Å². The Kier molecular flexibility index (Phi) is 3.83. The van der Waals surface area contributed by atoms with Crippen molar-refractivity contribution in [3.05, 3.63) is 29.8 Å². The zero-order chi connectivity index (χ0) is 15.6. The van der Waals surface area contributed by atoms with Gasteiger partial charge in [-0.25, -0.2) is 4.79 Å². The van der Waals surface area contributed by atoms with Gasteiger partial charge in [0.05, 0.1) is 12.0 Å². The Bertz CT molecular complexity index is 601. The largest absolute Gasteiger partial charge is 0.416 e. The number of amides is 4. The minimum absolute atomic E-state index is 0.0421. The van der Waals surface area contributed by atoms with Gasteiger partial charge < -0.3 is 10.6 Å². The molecule has 9 heteroatoms. The molecule has 4 amide bonds. The molecule has 112 valence electrons. The third-order valence-corrected chi connectivity index (χ3v) is 2.72. The summed E-state index contributed by atoms with van der Waals surface area (Å²) in [7, 11) is 0. The minimum atomic E-state index is -4.51. The number of nitrogens with one attached hydrogen (secondary N) is 3. The number of carbonyl (C=O) groups is 3. The number of rotatable bonds is 3. The fourth-order valence-electron chi connectivity index (χ4n) is 1.77. The van der Waals surface area contributed by atoms with Gasteiger partial charge in [-0.1, -0.05) is 6.07 Å². The third kappa shape index (κ3) is 3.71. The molecule has 0 bridgehead atoms. The maximum absolute atomic E-state index is 12.5. The van der Waals surface area contributed by atoms with Crippen molar-refractivity contribution >= 4 is 23.5 Å². The molecule has 0 radical (unpaired) electrons. The molecule has 3 N–H and O–H groups in total. The first-order chi connectivity index (χ1) is 9.75. The molecule has 1 aliphatic rings. The van der Waals surface area contributed by atoms with Gasteiger partial charge in [0.1, 0.15) is 6.04 Å². The monoisotopic (exact) mass is 301 g/mol. The number of alkyl halides is 3. The van der Waals surface area contributed by atoms with E-state index in [1.807, 2.05) is 5.32 Å². The summed E-state index contributed by atoms with van der Waals surface area (Å²) >= 11 is 0. The number of hydrogen-bond donors (Lipinski definition) is 3. The second-order valence-electron chi connectivity index (χ2n) is 4.35. The Morgan fingerprint density at radius 1 is 1.29 bits per heavy atom. The van der Waals surface area contributed by atoms with Gasteiger partial charge in [-0.05, 0) is 18.2 Å². The molecular formula is C12H10F3N3O3. The van der Waals surface area contributed by atoms with Gasteiger partial charge in [0.2, 0.25) is 5.91 Å². The molecular weight excluding hydrogens is 291 g/mol. The molecule has 21 heavy (non-hydrogen) atoms. The lowest BCUT2D eigenvalue weighted by molar-refractivity contribution is -0.137. The maximum Gasteiger partial charge on any atom is 0.416 e. The number of imide groups is 1. The molecule has 2 rings (SSSR count). The van der Waals surface area contributed by atoms with E-state index < -0.39 is 35.6 Å². The number of benzene rings is 1. The average molecular weight is 301 g/mol. The van der Waals surface area contributed by atoms with E-state index in [1.54, 1.807) is 0 Å². The summed E-state index contributed by atoms with van der Waals surface area (Å²) in [6.07, 6.45) is -4.88. The summed E-state index contributed by atoms with van der Waals surface area (Å²) < 4.78 is 37.5. The SMILES string of the molecule is O=C(C[C@@H]1NC(=O)NC1=O)Nc1cccc(C(F)(F)F)c1. The number of halogens is 3. The van der Waals surface area contributed by atoms with Gasteiger partial charge >= 0.3 is 12.2 Å². The molecule has 1 aromatic carbocycles. The Balaban J connectivity index is 2.00. The zero-order valence-corrected chi connectivity index (χ0v) is 10.5. The van der Waals surface area contributed by atoms with Gasteiger partial charge in [-0.2, -0.15) is 13.2 Å². The molecule has 0 unspecified atom stereocenters. The van der Waals surface area contributed by atoms with Crippen LogP contribution in [0.15, 0.2) is 24.3 Å². The molecule has 0 spiro atoms. The molecule has 1 heterocycles. The van der Waals surface area contributed by atoms with Crippen LogP contribution in [-0.2, 0) is 15.8 Å². The van der Waals surface area contributed by atoms with E-state index >= 15 is 0 Å². The lowest BCUT2D eigenvalue weighted by Crippen LogP contribution is -2.33. The Morgan fingerprint density at radius 3 is 2.57 bits per heavy atom. The van der Waals surface area contributed by atoms with Crippen molar-refractivity contribution in [2.24, 2.45) is 0 Å². The summed E-state index contributed by atoms with van der Waals surface area (Å²) in [6, 6.07) is 2.37. The van der Waals surface area contributed by atoms with Gasteiger partial charge in [-0.3, -0.25) is 14.9 Å². The van der Waals surface area contributed by atoms with Crippen molar-refractivity contribution in [2.45, 2.75) is 18.6 Å².